The van der Waals surface area contributed by atoms with Crippen LogP contribution in [0.1, 0.15) is 32.6 Å². The Morgan fingerprint density at radius 2 is 2.00 bits per heavy atom. The van der Waals surface area contributed by atoms with Gasteiger partial charge in [0.1, 0.15) is 0 Å². The lowest BCUT2D eigenvalue weighted by Gasteiger charge is -2.40. The zero-order valence-electron chi connectivity index (χ0n) is 11.6. The number of methoxy groups -OCH3 is 2. The topological polar surface area (TPSA) is 42.5 Å². The maximum atomic E-state index is 5.60. The van der Waals surface area contributed by atoms with Crippen molar-refractivity contribution in [1.29, 1.82) is 0 Å². The van der Waals surface area contributed by atoms with Crippen molar-refractivity contribution in [3.63, 3.8) is 0 Å². The molecule has 1 aliphatic rings. The van der Waals surface area contributed by atoms with E-state index < -0.39 is 0 Å². The predicted octanol–water partition coefficient (Wildman–Crippen LogP) is 1.16. The molecule has 0 radical (unpaired) electrons. The molecule has 2 N–H and O–H groups in total. The molecule has 1 aliphatic carbocycles. The molecular weight excluding hydrogens is 216 g/mol. The number of hydrogen-bond acceptors (Lipinski definition) is 4. The van der Waals surface area contributed by atoms with E-state index in [1.807, 2.05) is 7.11 Å². The van der Waals surface area contributed by atoms with Crippen LogP contribution < -0.4 is 10.6 Å². The number of ether oxygens (including phenoxy) is 2. The van der Waals surface area contributed by atoms with Crippen molar-refractivity contribution < 1.29 is 9.47 Å². The summed E-state index contributed by atoms with van der Waals surface area (Å²) in [6.07, 6.45) is 4.91. The molecule has 4 heteroatoms. The zero-order valence-corrected chi connectivity index (χ0v) is 11.6. The van der Waals surface area contributed by atoms with Gasteiger partial charge in [-0.15, -0.1) is 0 Å². The molecule has 4 nitrogen and oxygen atoms in total. The Bertz CT molecular complexity index is 190. The molecule has 1 rings (SSSR count). The van der Waals surface area contributed by atoms with Crippen LogP contribution in [-0.2, 0) is 9.47 Å². The molecule has 0 aromatic carbocycles. The second kappa shape index (κ2) is 8.03. The SMILES string of the molecule is COCCNCC(C)NCCC1(OC)CCC1. The summed E-state index contributed by atoms with van der Waals surface area (Å²) < 4.78 is 10.6. The fourth-order valence-electron chi connectivity index (χ4n) is 2.24. The molecule has 0 aromatic heterocycles. The summed E-state index contributed by atoms with van der Waals surface area (Å²) in [5.74, 6) is 0. The summed E-state index contributed by atoms with van der Waals surface area (Å²) in [5.41, 5.74) is 0.191. The van der Waals surface area contributed by atoms with E-state index in [0.717, 1.165) is 32.7 Å². The molecule has 0 amide bonds. The minimum atomic E-state index is 0.191. The van der Waals surface area contributed by atoms with Crippen molar-refractivity contribution >= 4 is 0 Å². The van der Waals surface area contributed by atoms with Crippen LogP contribution in [0.2, 0.25) is 0 Å². The standard InChI is InChI=1S/C13H28N2O2/c1-12(11-14-9-10-16-2)15-8-7-13(17-3)5-4-6-13/h12,14-15H,4-11H2,1-3H3. The average molecular weight is 244 g/mol. The normalized spacial score (nSPS) is 19.9. The average Bonchev–Trinajstić information content (AvgIpc) is 2.28. The van der Waals surface area contributed by atoms with Crippen molar-refractivity contribution in [2.24, 2.45) is 0 Å². The van der Waals surface area contributed by atoms with E-state index in [2.05, 4.69) is 17.6 Å². The summed E-state index contributed by atoms with van der Waals surface area (Å²) in [7, 11) is 3.57. The van der Waals surface area contributed by atoms with Crippen LogP contribution in [0.3, 0.4) is 0 Å². The molecule has 1 fully saturated rings. The Labute approximate surface area is 105 Å². The molecule has 0 aliphatic heterocycles. The van der Waals surface area contributed by atoms with Gasteiger partial charge in [0.15, 0.2) is 0 Å². The van der Waals surface area contributed by atoms with Gasteiger partial charge in [0.25, 0.3) is 0 Å². The first-order valence-corrected chi connectivity index (χ1v) is 6.70. The highest BCUT2D eigenvalue weighted by atomic mass is 16.5. The van der Waals surface area contributed by atoms with E-state index in [9.17, 15) is 0 Å². The van der Waals surface area contributed by atoms with Crippen LogP contribution in [0.15, 0.2) is 0 Å². The summed E-state index contributed by atoms with van der Waals surface area (Å²) in [5, 5.41) is 6.89. The molecule has 17 heavy (non-hydrogen) atoms. The molecule has 0 saturated heterocycles. The molecule has 0 bridgehead atoms. The lowest BCUT2D eigenvalue weighted by Crippen LogP contribution is -2.44. The summed E-state index contributed by atoms with van der Waals surface area (Å²) in [6, 6.07) is 0.501. The smallest absolute Gasteiger partial charge is 0.0690 e. The Morgan fingerprint density at radius 3 is 2.53 bits per heavy atom. The van der Waals surface area contributed by atoms with Crippen molar-refractivity contribution in [1.82, 2.24) is 10.6 Å². The first-order chi connectivity index (χ1) is 8.22. The summed E-state index contributed by atoms with van der Waals surface area (Å²) in [4.78, 5) is 0. The van der Waals surface area contributed by atoms with Gasteiger partial charge in [-0.2, -0.15) is 0 Å². The zero-order chi connectivity index (χ0) is 12.6. The van der Waals surface area contributed by atoms with Gasteiger partial charge >= 0.3 is 0 Å². The van der Waals surface area contributed by atoms with Crippen molar-refractivity contribution in [2.75, 3.05) is 40.5 Å². The van der Waals surface area contributed by atoms with Crippen molar-refractivity contribution in [3.8, 4) is 0 Å². The number of hydrogen-bond donors (Lipinski definition) is 2. The second-order valence-corrected chi connectivity index (χ2v) is 5.04. The van der Waals surface area contributed by atoms with Crippen LogP contribution in [0.4, 0.5) is 0 Å². The van der Waals surface area contributed by atoms with E-state index in [0.29, 0.717) is 6.04 Å². The quantitative estimate of drug-likeness (QED) is 0.566. The highest BCUT2D eigenvalue weighted by molar-refractivity contribution is 4.90. The minimum absolute atomic E-state index is 0.191. The van der Waals surface area contributed by atoms with Gasteiger partial charge in [0.05, 0.1) is 12.2 Å². The first-order valence-electron chi connectivity index (χ1n) is 6.70. The largest absolute Gasteiger partial charge is 0.383 e. The number of nitrogens with one attached hydrogen (secondary N) is 2. The van der Waals surface area contributed by atoms with Gasteiger partial charge in [-0.3, -0.25) is 0 Å². The van der Waals surface area contributed by atoms with E-state index in [1.165, 1.54) is 19.3 Å². The van der Waals surface area contributed by atoms with E-state index in [1.54, 1.807) is 7.11 Å². The Morgan fingerprint density at radius 1 is 1.24 bits per heavy atom. The summed E-state index contributed by atoms with van der Waals surface area (Å²) in [6.45, 7) is 5.94. The van der Waals surface area contributed by atoms with E-state index >= 15 is 0 Å². The maximum Gasteiger partial charge on any atom is 0.0690 e. The third kappa shape index (κ3) is 5.34. The molecular formula is C13H28N2O2. The molecule has 102 valence electrons. The molecule has 0 spiro atoms. The summed E-state index contributed by atoms with van der Waals surface area (Å²) >= 11 is 0. The van der Waals surface area contributed by atoms with Crippen LogP contribution in [0.25, 0.3) is 0 Å². The van der Waals surface area contributed by atoms with Gasteiger partial charge in [0.2, 0.25) is 0 Å². The Balaban J connectivity index is 1.98. The van der Waals surface area contributed by atoms with Gasteiger partial charge in [-0.25, -0.2) is 0 Å². The van der Waals surface area contributed by atoms with Crippen LogP contribution >= 0.6 is 0 Å². The van der Waals surface area contributed by atoms with E-state index in [-0.39, 0.29) is 5.60 Å². The monoisotopic (exact) mass is 244 g/mol. The van der Waals surface area contributed by atoms with Crippen LogP contribution in [0.5, 0.6) is 0 Å². The fraction of sp³-hybridized carbons (Fsp3) is 1.00. The Hall–Kier alpha value is -0.160. The van der Waals surface area contributed by atoms with Crippen LogP contribution in [-0.4, -0.2) is 52.1 Å². The molecule has 1 saturated carbocycles. The minimum Gasteiger partial charge on any atom is -0.383 e. The molecule has 1 unspecified atom stereocenters. The third-order valence-electron chi connectivity index (χ3n) is 3.70. The molecule has 0 heterocycles. The lowest BCUT2D eigenvalue weighted by molar-refractivity contribution is -0.0770. The second-order valence-electron chi connectivity index (χ2n) is 5.04. The van der Waals surface area contributed by atoms with Crippen LogP contribution in [0, 0.1) is 0 Å². The van der Waals surface area contributed by atoms with Crippen molar-refractivity contribution in [2.45, 2.75) is 44.2 Å². The first kappa shape index (κ1) is 14.9. The maximum absolute atomic E-state index is 5.60. The van der Waals surface area contributed by atoms with Gasteiger partial charge in [-0.05, 0) is 39.2 Å². The van der Waals surface area contributed by atoms with E-state index in [4.69, 9.17) is 9.47 Å². The Kier molecular flexibility index (Phi) is 7.04. The predicted molar refractivity (Wildman–Crippen MR) is 70.4 cm³/mol. The molecule has 1 atom stereocenters. The highest BCUT2D eigenvalue weighted by Gasteiger charge is 2.36. The third-order valence-corrected chi connectivity index (χ3v) is 3.70. The van der Waals surface area contributed by atoms with Gasteiger partial charge < -0.3 is 20.1 Å². The van der Waals surface area contributed by atoms with Gasteiger partial charge in [0, 0.05) is 33.4 Å². The highest BCUT2D eigenvalue weighted by Crippen LogP contribution is 2.37. The van der Waals surface area contributed by atoms with Crippen molar-refractivity contribution in [3.05, 3.63) is 0 Å². The van der Waals surface area contributed by atoms with Gasteiger partial charge in [-0.1, -0.05) is 0 Å². The lowest BCUT2D eigenvalue weighted by atomic mass is 9.77. The molecule has 0 aromatic rings. The fourth-order valence-corrected chi connectivity index (χ4v) is 2.24. The number of rotatable bonds is 10.